The normalized spacial score (nSPS) is 30.5. The fraction of sp³-hybridized carbons (Fsp3) is 0.846. The van der Waals surface area contributed by atoms with E-state index in [0.717, 1.165) is 32.1 Å². The van der Waals surface area contributed by atoms with Crippen molar-refractivity contribution in [2.75, 3.05) is 13.2 Å². The van der Waals surface area contributed by atoms with Gasteiger partial charge in [0.2, 0.25) is 0 Å². The molecule has 8 atom stereocenters. The molecule has 2 aliphatic heterocycles. The second-order valence-electron chi connectivity index (χ2n) is 10.2. The highest BCUT2D eigenvalue weighted by Crippen LogP contribution is 2.38. The highest BCUT2D eigenvalue weighted by molar-refractivity contribution is 5.82. The van der Waals surface area contributed by atoms with Crippen molar-refractivity contribution in [1.29, 1.82) is 0 Å². The molecule has 2 rings (SSSR count). The van der Waals surface area contributed by atoms with Crippen molar-refractivity contribution in [2.45, 2.75) is 115 Å². The minimum atomic E-state index is -1.06. The van der Waals surface area contributed by atoms with E-state index < -0.39 is 36.4 Å². The van der Waals surface area contributed by atoms with Crippen LogP contribution >= 0.6 is 0 Å². The molecule has 0 amide bonds. The summed E-state index contributed by atoms with van der Waals surface area (Å²) in [5.41, 5.74) is 0.708. The number of carboxylic acid groups (broad SMARTS) is 1. The molecule has 2 saturated heterocycles. The van der Waals surface area contributed by atoms with Gasteiger partial charge in [-0.15, -0.1) is 0 Å². The van der Waals surface area contributed by atoms with E-state index >= 15 is 0 Å². The number of unbranched alkanes of at least 4 members (excludes halogenated alkanes) is 5. The number of epoxide rings is 1. The number of esters is 1. The summed E-state index contributed by atoms with van der Waals surface area (Å²) < 4.78 is 16.7. The average molecular weight is 501 g/mol. The molecule has 35 heavy (non-hydrogen) atoms. The van der Waals surface area contributed by atoms with Crippen LogP contribution in [0.1, 0.15) is 78.6 Å². The summed E-state index contributed by atoms with van der Waals surface area (Å²) >= 11 is 0. The zero-order valence-corrected chi connectivity index (χ0v) is 21.3. The van der Waals surface area contributed by atoms with Gasteiger partial charge >= 0.3 is 11.9 Å². The molecule has 2 aliphatic rings. The topological polar surface area (TPSA) is 146 Å². The lowest BCUT2D eigenvalue weighted by molar-refractivity contribution is -0.165. The molecule has 0 aromatic rings. The average Bonchev–Trinajstić information content (AvgIpc) is 3.55. The van der Waals surface area contributed by atoms with E-state index in [1.54, 1.807) is 13.8 Å². The molecular weight excluding hydrogens is 456 g/mol. The van der Waals surface area contributed by atoms with Crippen LogP contribution in [-0.2, 0) is 23.8 Å². The third-order valence-corrected chi connectivity index (χ3v) is 7.09. The number of aliphatic carboxylic acids is 1. The van der Waals surface area contributed by atoms with Crippen molar-refractivity contribution in [3.8, 4) is 0 Å². The van der Waals surface area contributed by atoms with Gasteiger partial charge in [-0.2, -0.15) is 0 Å². The van der Waals surface area contributed by atoms with Gasteiger partial charge in [0, 0.05) is 24.3 Å². The fourth-order valence-electron chi connectivity index (χ4n) is 4.59. The van der Waals surface area contributed by atoms with E-state index in [4.69, 9.17) is 19.3 Å². The van der Waals surface area contributed by atoms with Crippen LogP contribution in [0, 0.1) is 11.8 Å². The van der Waals surface area contributed by atoms with Gasteiger partial charge in [-0.3, -0.25) is 4.79 Å². The largest absolute Gasteiger partial charge is 0.481 e. The molecular formula is C26H44O9. The first kappa shape index (κ1) is 29.7. The van der Waals surface area contributed by atoms with Crippen LogP contribution in [0.25, 0.3) is 0 Å². The van der Waals surface area contributed by atoms with Crippen molar-refractivity contribution in [1.82, 2.24) is 0 Å². The molecule has 4 N–H and O–H groups in total. The number of carbonyl (C=O) groups is 2. The number of aliphatic hydroxyl groups excluding tert-OH is 3. The van der Waals surface area contributed by atoms with Crippen LogP contribution < -0.4 is 0 Å². The van der Waals surface area contributed by atoms with Crippen LogP contribution in [0.4, 0.5) is 0 Å². The predicted molar refractivity (Wildman–Crippen MR) is 129 cm³/mol. The standard InChI is InChI=1S/C26H44O9/c1-16(13-23(30)33-11-9-7-5-4-6-8-10-22(28)29)12-20-25(32)24(31)19(15-34-20)14-21-26(35-21)17(2)18(3)27/h13,17-21,24-27,31-32H,4-12,14-15H2,1-3H3,(H,28,29)/b16-13+/t17-,18-,19-,20-,21-,24+,25+,26+/m0/s1. The highest BCUT2D eigenvalue weighted by atomic mass is 16.6. The zero-order chi connectivity index (χ0) is 26.0. The molecule has 0 bridgehead atoms. The van der Waals surface area contributed by atoms with E-state index in [1.165, 1.54) is 6.08 Å². The third kappa shape index (κ3) is 10.6. The van der Waals surface area contributed by atoms with Crippen molar-refractivity contribution in [2.24, 2.45) is 11.8 Å². The summed E-state index contributed by atoms with van der Waals surface area (Å²) in [5.74, 6) is -1.42. The molecule has 0 radical (unpaired) electrons. The SMILES string of the molecule is C/C(=C\C(=O)OCCCCCCCCC(=O)O)C[C@@H]1OC[C@H](C[C@@H]2O[C@@H]2[C@@H](C)[C@H](C)O)[C@@H](O)[C@@H]1O. The maximum atomic E-state index is 12.1. The Morgan fingerprint density at radius 1 is 1.03 bits per heavy atom. The molecule has 2 heterocycles. The summed E-state index contributed by atoms with van der Waals surface area (Å²) in [7, 11) is 0. The number of hydrogen-bond acceptors (Lipinski definition) is 8. The molecule has 0 spiro atoms. The van der Waals surface area contributed by atoms with Gasteiger partial charge in [0.15, 0.2) is 0 Å². The Hall–Kier alpha value is -1.52. The van der Waals surface area contributed by atoms with Gasteiger partial charge < -0.3 is 34.6 Å². The molecule has 0 saturated carbocycles. The van der Waals surface area contributed by atoms with Gasteiger partial charge in [0.05, 0.1) is 43.7 Å². The first-order valence-corrected chi connectivity index (χ1v) is 13.0. The highest BCUT2D eigenvalue weighted by Gasteiger charge is 2.48. The monoisotopic (exact) mass is 500 g/mol. The lowest BCUT2D eigenvalue weighted by atomic mass is 9.85. The summed E-state index contributed by atoms with van der Waals surface area (Å²) in [6.07, 6.45) is 4.61. The number of carbonyl (C=O) groups excluding carboxylic acids is 1. The Morgan fingerprint density at radius 3 is 2.34 bits per heavy atom. The molecule has 0 aliphatic carbocycles. The Morgan fingerprint density at radius 2 is 1.69 bits per heavy atom. The third-order valence-electron chi connectivity index (χ3n) is 7.09. The number of ether oxygens (including phenoxy) is 3. The van der Waals surface area contributed by atoms with Crippen LogP contribution in [0.3, 0.4) is 0 Å². The first-order valence-electron chi connectivity index (χ1n) is 13.0. The predicted octanol–water partition coefficient (Wildman–Crippen LogP) is 2.59. The van der Waals surface area contributed by atoms with Gasteiger partial charge in [-0.05, 0) is 39.5 Å². The first-order chi connectivity index (χ1) is 16.6. The minimum Gasteiger partial charge on any atom is -0.481 e. The molecule has 0 aromatic carbocycles. The van der Waals surface area contributed by atoms with Crippen LogP contribution in [0.15, 0.2) is 11.6 Å². The minimum absolute atomic E-state index is 0.0160. The van der Waals surface area contributed by atoms with Gasteiger partial charge in [-0.25, -0.2) is 4.79 Å². The summed E-state index contributed by atoms with van der Waals surface area (Å²) in [5, 5.41) is 39.5. The number of aliphatic hydroxyl groups is 3. The van der Waals surface area contributed by atoms with Gasteiger partial charge in [-0.1, -0.05) is 38.2 Å². The Kier molecular flexibility index (Phi) is 12.6. The van der Waals surface area contributed by atoms with Crippen molar-refractivity contribution < 1.29 is 44.2 Å². The summed E-state index contributed by atoms with van der Waals surface area (Å²) in [6.45, 7) is 6.07. The maximum absolute atomic E-state index is 12.1. The van der Waals surface area contributed by atoms with Crippen LogP contribution in [-0.4, -0.2) is 82.2 Å². The lowest BCUT2D eigenvalue weighted by Crippen LogP contribution is -2.50. The second-order valence-corrected chi connectivity index (χ2v) is 10.2. The smallest absolute Gasteiger partial charge is 0.330 e. The second kappa shape index (κ2) is 14.9. The summed E-state index contributed by atoms with van der Waals surface area (Å²) in [6, 6.07) is 0. The van der Waals surface area contributed by atoms with E-state index in [9.17, 15) is 24.9 Å². The summed E-state index contributed by atoms with van der Waals surface area (Å²) in [4.78, 5) is 22.5. The van der Waals surface area contributed by atoms with E-state index in [-0.39, 0.29) is 30.5 Å². The van der Waals surface area contributed by atoms with Crippen LogP contribution in [0.2, 0.25) is 0 Å². The van der Waals surface area contributed by atoms with Gasteiger partial charge in [0.25, 0.3) is 0 Å². The molecule has 202 valence electrons. The van der Waals surface area contributed by atoms with Gasteiger partial charge in [0.1, 0.15) is 6.10 Å². The molecule has 0 aromatic heterocycles. The molecule has 0 unspecified atom stereocenters. The molecule has 9 nitrogen and oxygen atoms in total. The van der Waals surface area contributed by atoms with Crippen molar-refractivity contribution >= 4 is 11.9 Å². The Bertz CT molecular complexity index is 692. The fourth-order valence-corrected chi connectivity index (χ4v) is 4.59. The van der Waals surface area contributed by atoms with E-state index in [1.807, 2.05) is 6.92 Å². The lowest BCUT2D eigenvalue weighted by Gasteiger charge is -2.38. The quantitative estimate of drug-likeness (QED) is 0.109. The number of carboxylic acids is 1. The maximum Gasteiger partial charge on any atom is 0.330 e. The van der Waals surface area contributed by atoms with E-state index in [0.29, 0.717) is 38.0 Å². The van der Waals surface area contributed by atoms with Crippen molar-refractivity contribution in [3.63, 3.8) is 0 Å². The number of rotatable bonds is 16. The van der Waals surface area contributed by atoms with Crippen molar-refractivity contribution in [3.05, 3.63) is 11.6 Å². The number of hydrogen-bond donors (Lipinski definition) is 4. The Balaban J connectivity index is 1.62. The molecule has 2 fully saturated rings. The zero-order valence-electron chi connectivity index (χ0n) is 21.3. The van der Waals surface area contributed by atoms with Crippen LogP contribution in [0.5, 0.6) is 0 Å². The van der Waals surface area contributed by atoms with E-state index in [2.05, 4.69) is 0 Å². The Labute approximate surface area is 208 Å². The molecule has 9 heteroatoms.